The molecule has 6 heteroatoms. The minimum Gasteiger partial charge on any atom is -0.495 e. The lowest BCUT2D eigenvalue weighted by atomic mass is 9.99. The number of aryl methyl sites for hydroxylation is 1. The van der Waals surface area contributed by atoms with Gasteiger partial charge in [0.1, 0.15) is 15.5 Å². The van der Waals surface area contributed by atoms with Gasteiger partial charge in [0.25, 0.3) is 5.91 Å². The number of fused-ring (bicyclic) bond motifs is 1. The Labute approximate surface area is 201 Å². The van der Waals surface area contributed by atoms with Crippen molar-refractivity contribution in [2.24, 2.45) is 0 Å². The zero-order valence-corrected chi connectivity index (χ0v) is 19.6. The van der Waals surface area contributed by atoms with E-state index in [1.54, 1.807) is 19.2 Å². The fourth-order valence-electron chi connectivity index (χ4n) is 3.93. The number of pyridine rings is 1. The van der Waals surface area contributed by atoms with Crippen molar-refractivity contribution in [2.75, 3.05) is 18.2 Å². The van der Waals surface area contributed by atoms with Crippen LogP contribution in [0.4, 0.5) is 11.4 Å². The highest BCUT2D eigenvalue weighted by Crippen LogP contribution is 2.41. The first kappa shape index (κ1) is 21.7. The molecule has 0 saturated heterocycles. The third-order valence-corrected chi connectivity index (χ3v) is 6.79. The van der Waals surface area contributed by atoms with Crippen LogP contribution in [0, 0.1) is 6.92 Å². The number of aromatic nitrogens is 1. The number of amides is 1. The summed E-state index contributed by atoms with van der Waals surface area (Å²) in [6.45, 7) is 2.06. The fourth-order valence-corrected chi connectivity index (χ4v) is 4.95. The van der Waals surface area contributed by atoms with Gasteiger partial charge in [0.2, 0.25) is 0 Å². The molecule has 0 spiro atoms. The first-order valence-electron chi connectivity index (χ1n) is 10.8. The predicted molar refractivity (Wildman–Crippen MR) is 141 cm³/mol. The molecule has 0 aliphatic rings. The Hall–Kier alpha value is -4.16. The van der Waals surface area contributed by atoms with E-state index in [1.165, 1.54) is 16.9 Å². The number of benzene rings is 3. The number of nitrogens with two attached hydrogens (primary N) is 1. The van der Waals surface area contributed by atoms with Crippen molar-refractivity contribution in [3.63, 3.8) is 0 Å². The van der Waals surface area contributed by atoms with E-state index >= 15 is 0 Å². The molecule has 0 aliphatic carbocycles. The molecule has 0 bridgehead atoms. The number of nitrogens with one attached hydrogen (secondary N) is 1. The van der Waals surface area contributed by atoms with Crippen molar-refractivity contribution in [2.45, 2.75) is 6.92 Å². The second-order valence-electron chi connectivity index (χ2n) is 7.97. The zero-order chi connectivity index (χ0) is 23.7. The summed E-state index contributed by atoms with van der Waals surface area (Å²) >= 11 is 1.30. The van der Waals surface area contributed by atoms with Crippen LogP contribution < -0.4 is 15.8 Å². The fraction of sp³-hybridized carbons (Fsp3) is 0.0714. The number of carbonyl (C=O) groups is 1. The third-order valence-electron chi connectivity index (χ3n) is 5.69. The maximum Gasteiger partial charge on any atom is 0.268 e. The van der Waals surface area contributed by atoms with Crippen molar-refractivity contribution in [1.82, 2.24) is 4.98 Å². The molecule has 1 amide bonds. The van der Waals surface area contributed by atoms with Gasteiger partial charge in [-0.15, -0.1) is 11.3 Å². The molecule has 2 aromatic heterocycles. The molecule has 0 unspecified atom stereocenters. The summed E-state index contributed by atoms with van der Waals surface area (Å²) in [5, 5.41) is 3.72. The molecule has 0 saturated carbocycles. The molecule has 0 aliphatic heterocycles. The van der Waals surface area contributed by atoms with Gasteiger partial charge in [-0.1, -0.05) is 72.3 Å². The average Bonchev–Trinajstić information content (AvgIpc) is 3.21. The number of para-hydroxylation sites is 2. The van der Waals surface area contributed by atoms with Crippen LogP contribution in [-0.2, 0) is 0 Å². The second-order valence-corrected chi connectivity index (χ2v) is 8.97. The van der Waals surface area contributed by atoms with Gasteiger partial charge in [0, 0.05) is 10.9 Å². The van der Waals surface area contributed by atoms with E-state index in [4.69, 9.17) is 15.5 Å². The van der Waals surface area contributed by atoms with E-state index in [1.807, 2.05) is 48.5 Å². The van der Waals surface area contributed by atoms with Crippen LogP contribution in [0.3, 0.4) is 0 Å². The topological polar surface area (TPSA) is 77.2 Å². The lowest BCUT2D eigenvalue weighted by Crippen LogP contribution is -2.12. The van der Waals surface area contributed by atoms with Gasteiger partial charge < -0.3 is 15.8 Å². The largest absolute Gasteiger partial charge is 0.495 e. The van der Waals surface area contributed by atoms with Crippen molar-refractivity contribution in [1.29, 1.82) is 0 Å². The number of hydrogen-bond acceptors (Lipinski definition) is 5. The van der Waals surface area contributed by atoms with E-state index in [0.717, 1.165) is 32.6 Å². The minimum absolute atomic E-state index is 0.291. The van der Waals surface area contributed by atoms with Crippen LogP contribution in [0.2, 0.25) is 0 Å². The number of rotatable bonds is 5. The van der Waals surface area contributed by atoms with Crippen molar-refractivity contribution in [3.8, 4) is 28.1 Å². The number of carbonyl (C=O) groups excluding carboxylic acids is 1. The highest BCUT2D eigenvalue weighted by Gasteiger charge is 2.22. The van der Waals surface area contributed by atoms with Gasteiger partial charge in [-0.2, -0.15) is 0 Å². The number of thiophene rings is 1. The van der Waals surface area contributed by atoms with E-state index in [-0.39, 0.29) is 5.91 Å². The number of nitrogens with zero attached hydrogens (tertiary/aromatic N) is 1. The lowest BCUT2D eigenvalue weighted by Gasteiger charge is -2.10. The maximum atomic E-state index is 13.3. The molecule has 2 heterocycles. The van der Waals surface area contributed by atoms with Crippen molar-refractivity contribution >= 4 is 38.8 Å². The molecule has 0 fully saturated rings. The van der Waals surface area contributed by atoms with Crippen LogP contribution in [0.5, 0.6) is 5.75 Å². The van der Waals surface area contributed by atoms with Gasteiger partial charge in [-0.3, -0.25) is 4.79 Å². The first-order chi connectivity index (χ1) is 16.5. The van der Waals surface area contributed by atoms with Gasteiger partial charge in [-0.25, -0.2) is 4.98 Å². The molecular weight excluding hydrogens is 442 g/mol. The van der Waals surface area contributed by atoms with Crippen LogP contribution in [0.25, 0.3) is 32.6 Å². The van der Waals surface area contributed by atoms with Crippen LogP contribution in [-0.4, -0.2) is 18.0 Å². The Kier molecular flexibility index (Phi) is 5.74. The van der Waals surface area contributed by atoms with Crippen LogP contribution >= 0.6 is 11.3 Å². The number of hydrogen-bond donors (Lipinski definition) is 2. The molecule has 5 rings (SSSR count). The van der Waals surface area contributed by atoms with E-state index < -0.39 is 0 Å². The smallest absolute Gasteiger partial charge is 0.268 e. The van der Waals surface area contributed by atoms with Crippen LogP contribution in [0.15, 0.2) is 84.9 Å². The summed E-state index contributed by atoms with van der Waals surface area (Å²) in [5.74, 6) is 0.293. The molecule has 3 aromatic carbocycles. The molecular formula is C28H23N3O2S. The highest BCUT2D eigenvalue weighted by molar-refractivity contribution is 7.21. The Morgan fingerprint density at radius 3 is 2.38 bits per heavy atom. The second kappa shape index (κ2) is 9.00. The van der Waals surface area contributed by atoms with Crippen molar-refractivity contribution < 1.29 is 9.53 Å². The number of nitrogen functional groups attached to an aromatic ring is 1. The summed E-state index contributed by atoms with van der Waals surface area (Å²) in [7, 11) is 1.57. The molecule has 168 valence electrons. The summed E-state index contributed by atoms with van der Waals surface area (Å²) < 4.78 is 5.37. The quantitative estimate of drug-likeness (QED) is 0.300. The number of anilines is 2. The summed E-state index contributed by atoms with van der Waals surface area (Å²) in [6.07, 6.45) is 0. The van der Waals surface area contributed by atoms with Crippen molar-refractivity contribution in [3.05, 3.63) is 95.4 Å². The van der Waals surface area contributed by atoms with Gasteiger partial charge in [-0.05, 0) is 36.2 Å². The molecule has 3 N–H and O–H groups in total. The summed E-state index contributed by atoms with van der Waals surface area (Å²) in [4.78, 5) is 19.3. The van der Waals surface area contributed by atoms with Crippen LogP contribution in [0.1, 0.15) is 15.2 Å². The monoisotopic (exact) mass is 465 g/mol. The molecule has 5 aromatic rings. The lowest BCUT2D eigenvalue weighted by molar-refractivity contribution is 0.103. The zero-order valence-electron chi connectivity index (χ0n) is 18.8. The highest BCUT2D eigenvalue weighted by atomic mass is 32.1. The minimum atomic E-state index is -0.291. The Balaban J connectivity index is 1.67. The summed E-state index contributed by atoms with van der Waals surface area (Å²) in [5.41, 5.74) is 12.6. The molecule has 34 heavy (non-hydrogen) atoms. The predicted octanol–water partition coefficient (Wildman–Crippen LogP) is 6.78. The van der Waals surface area contributed by atoms with E-state index in [0.29, 0.717) is 22.0 Å². The maximum absolute atomic E-state index is 13.3. The normalized spacial score (nSPS) is 10.9. The molecule has 0 radical (unpaired) electrons. The van der Waals surface area contributed by atoms with Gasteiger partial charge in [0.05, 0.1) is 24.2 Å². The average molecular weight is 466 g/mol. The van der Waals surface area contributed by atoms with Gasteiger partial charge in [0.15, 0.2) is 0 Å². The summed E-state index contributed by atoms with van der Waals surface area (Å²) in [6, 6.07) is 27.6. The third kappa shape index (κ3) is 4.00. The Bertz CT molecular complexity index is 1490. The van der Waals surface area contributed by atoms with E-state index in [2.05, 4.69) is 36.5 Å². The number of ether oxygens (including phenoxy) is 1. The Morgan fingerprint density at radius 2 is 1.65 bits per heavy atom. The standard InChI is InChI=1S/C28H23N3O2S/c1-17-12-14-18(15-13-17)20-16-22(19-8-4-3-5-9-19)31-28-24(20)25(29)26(34-28)27(32)30-21-10-6-7-11-23(21)33-2/h3-16H,29H2,1-2H3,(H,30,32). The molecule has 5 nitrogen and oxygen atoms in total. The van der Waals surface area contributed by atoms with Gasteiger partial charge >= 0.3 is 0 Å². The Morgan fingerprint density at radius 1 is 0.941 bits per heavy atom. The molecule has 0 atom stereocenters. The first-order valence-corrected chi connectivity index (χ1v) is 11.7. The SMILES string of the molecule is COc1ccccc1NC(=O)c1sc2nc(-c3ccccc3)cc(-c3ccc(C)cc3)c2c1N. The van der Waals surface area contributed by atoms with E-state index in [9.17, 15) is 4.79 Å². The number of methoxy groups -OCH3 is 1.